The molecule has 1 saturated heterocycles. The van der Waals surface area contributed by atoms with Gasteiger partial charge in [0.15, 0.2) is 11.5 Å². The number of para-hydroxylation sites is 2. The van der Waals surface area contributed by atoms with Gasteiger partial charge in [-0.1, -0.05) is 12.1 Å². The number of carbonyl (C=O) groups excluding carboxylic acids is 1. The second kappa shape index (κ2) is 8.53. The highest BCUT2D eigenvalue weighted by molar-refractivity contribution is 7.88. The summed E-state index contributed by atoms with van der Waals surface area (Å²) in [4.78, 5) is 12.4. The van der Waals surface area contributed by atoms with Crippen LogP contribution in [0.15, 0.2) is 24.3 Å². The number of sulfonamides is 1. The largest absolute Gasteiger partial charge is 0.493 e. The number of nitrogens with zero attached hydrogens (tertiary/aromatic N) is 1. The first kappa shape index (κ1) is 19.5. The first-order valence-electron chi connectivity index (χ1n) is 8.32. The highest BCUT2D eigenvalue weighted by Crippen LogP contribution is 2.25. The molecule has 25 heavy (non-hydrogen) atoms. The van der Waals surface area contributed by atoms with Crippen LogP contribution >= 0.6 is 0 Å². The predicted octanol–water partition coefficient (Wildman–Crippen LogP) is 1.25. The van der Waals surface area contributed by atoms with Gasteiger partial charge < -0.3 is 14.8 Å². The van der Waals surface area contributed by atoms with E-state index in [0.29, 0.717) is 37.5 Å². The first-order valence-corrected chi connectivity index (χ1v) is 10.2. The van der Waals surface area contributed by atoms with Gasteiger partial charge in [-0.05, 0) is 31.9 Å². The number of rotatable bonds is 7. The van der Waals surface area contributed by atoms with Crippen LogP contribution in [0.5, 0.6) is 11.5 Å². The average Bonchev–Trinajstić information content (AvgIpc) is 2.59. The van der Waals surface area contributed by atoms with Gasteiger partial charge in [-0.2, -0.15) is 0 Å². The summed E-state index contributed by atoms with van der Waals surface area (Å²) in [6.45, 7) is 2.87. The normalized spacial score (nSPS) is 19.9. The van der Waals surface area contributed by atoms with Crippen LogP contribution in [0, 0.1) is 5.92 Å². The second-order valence-electron chi connectivity index (χ2n) is 6.33. The van der Waals surface area contributed by atoms with Crippen molar-refractivity contribution in [1.29, 1.82) is 0 Å². The molecule has 1 aliphatic heterocycles. The van der Waals surface area contributed by atoms with Crippen LogP contribution in [0.3, 0.4) is 0 Å². The molecule has 0 saturated carbocycles. The molecule has 0 unspecified atom stereocenters. The van der Waals surface area contributed by atoms with Crippen LogP contribution in [-0.2, 0) is 14.8 Å². The van der Waals surface area contributed by atoms with Crippen LogP contribution in [0.1, 0.15) is 19.8 Å². The molecule has 140 valence electrons. The molecule has 1 N–H and O–H groups in total. The predicted molar refractivity (Wildman–Crippen MR) is 95.2 cm³/mol. The quantitative estimate of drug-likeness (QED) is 0.781. The minimum Gasteiger partial charge on any atom is -0.493 e. The summed E-state index contributed by atoms with van der Waals surface area (Å²) in [5.74, 6) is 0.797. The van der Waals surface area contributed by atoms with Gasteiger partial charge >= 0.3 is 0 Å². The third-order valence-electron chi connectivity index (χ3n) is 4.17. The van der Waals surface area contributed by atoms with E-state index in [1.54, 1.807) is 19.2 Å². The maximum Gasteiger partial charge on any atom is 0.224 e. The van der Waals surface area contributed by atoms with Crippen LogP contribution in [-0.4, -0.2) is 57.7 Å². The molecule has 0 aromatic heterocycles. The number of methoxy groups -OCH3 is 1. The molecular formula is C17H26N2O5S. The Morgan fingerprint density at radius 2 is 2.04 bits per heavy atom. The summed E-state index contributed by atoms with van der Waals surface area (Å²) in [5.41, 5.74) is 0. The van der Waals surface area contributed by atoms with Gasteiger partial charge in [-0.15, -0.1) is 0 Å². The van der Waals surface area contributed by atoms with E-state index in [0.717, 1.165) is 0 Å². The van der Waals surface area contributed by atoms with Crippen LogP contribution < -0.4 is 14.8 Å². The highest BCUT2D eigenvalue weighted by atomic mass is 32.2. The van der Waals surface area contributed by atoms with E-state index in [2.05, 4.69) is 5.32 Å². The van der Waals surface area contributed by atoms with E-state index in [1.807, 2.05) is 19.1 Å². The molecular weight excluding hydrogens is 344 g/mol. The van der Waals surface area contributed by atoms with Crippen molar-refractivity contribution in [1.82, 2.24) is 9.62 Å². The van der Waals surface area contributed by atoms with Crippen molar-refractivity contribution in [2.75, 3.05) is 33.1 Å². The standard InChI is InChI=1S/C17H26N2O5S/c1-13(12-24-16-9-5-4-8-15(16)23-2)18-17(20)14-7-6-10-19(11-14)25(3,21)22/h4-5,8-9,13-14H,6-7,10-12H2,1-3H3,(H,18,20)/t13-,14-/m0/s1. The molecule has 0 bridgehead atoms. The van der Waals surface area contributed by atoms with E-state index >= 15 is 0 Å². The topological polar surface area (TPSA) is 84.9 Å². The Morgan fingerprint density at radius 1 is 1.36 bits per heavy atom. The number of benzene rings is 1. The van der Waals surface area contributed by atoms with Gasteiger partial charge in [0, 0.05) is 13.1 Å². The van der Waals surface area contributed by atoms with Crippen molar-refractivity contribution in [3.63, 3.8) is 0 Å². The lowest BCUT2D eigenvalue weighted by Crippen LogP contribution is -2.47. The fourth-order valence-corrected chi connectivity index (χ4v) is 3.72. The fourth-order valence-electron chi connectivity index (χ4n) is 2.81. The lowest BCUT2D eigenvalue weighted by atomic mass is 9.98. The molecule has 1 aromatic rings. The molecule has 2 atom stereocenters. The fraction of sp³-hybridized carbons (Fsp3) is 0.588. The smallest absolute Gasteiger partial charge is 0.224 e. The molecule has 1 aliphatic rings. The molecule has 1 heterocycles. The lowest BCUT2D eigenvalue weighted by molar-refractivity contribution is -0.126. The van der Waals surface area contributed by atoms with Crippen molar-refractivity contribution >= 4 is 15.9 Å². The number of ether oxygens (including phenoxy) is 2. The molecule has 1 aromatic carbocycles. The van der Waals surface area contributed by atoms with Gasteiger partial charge in [-0.3, -0.25) is 4.79 Å². The van der Waals surface area contributed by atoms with Crippen molar-refractivity contribution < 1.29 is 22.7 Å². The maximum absolute atomic E-state index is 12.4. The van der Waals surface area contributed by atoms with Gasteiger partial charge in [0.2, 0.25) is 15.9 Å². The number of piperidine rings is 1. The van der Waals surface area contributed by atoms with Gasteiger partial charge in [0.05, 0.1) is 25.3 Å². The lowest BCUT2D eigenvalue weighted by Gasteiger charge is -2.30. The van der Waals surface area contributed by atoms with Crippen LogP contribution in [0.4, 0.5) is 0 Å². The minimum absolute atomic E-state index is 0.135. The third kappa shape index (κ3) is 5.61. The van der Waals surface area contributed by atoms with Crippen molar-refractivity contribution in [2.24, 2.45) is 5.92 Å². The summed E-state index contributed by atoms with van der Waals surface area (Å²) in [6, 6.07) is 7.11. The summed E-state index contributed by atoms with van der Waals surface area (Å²) >= 11 is 0. The number of carbonyl (C=O) groups is 1. The molecule has 0 spiro atoms. The Bertz CT molecular complexity index is 692. The monoisotopic (exact) mass is 370 g/mol. The van der Waals surface area contributed by atoms with Crippen LogP contribution in [0.2, 0.25) is 0 Å². The Kier molecular flexibility index (Phi) is 6.66. The second-order valence-corrected chi connectivity index (χ2v) is 8.31. The van der Waals surface area contributed by atoms with Crippen molar-refractivity contribution in [3.05, 3.63) is 24.3 Å². The molecule has 1 fully saturated rings. The molecule has 7 nitrogen and oxygen atoms in total. The minimum atomic E-state index is -3.26. The first-order chi connectivity index (χ1) is 11.8. The molecule has 1 amide bonds. The molecule has 0 aliphatic carbocycles. The summed E-state index contributed by atoms with van der Waals surface area (Å²) < 4.78 is 35.6. The van der Waals surface area contributed by atoms with E-state index in [9.17, 15) is 13.2 Å². The zero-order valence-electron chi connectivity index (χ0n) is 14.9. The number of hydrogen-bond donors (Lipinski definition) is 1. The zero-order valence-corrected chi connectivity index (χ0v) is 15.7. The van der Waals surface area contributed by atoms with E-state index in [4.69, 9.17) is 9.47 Å². The maximum atomic E-state index is 12.4. The Morgan fingerprint density at radius 3 is 2.68 bits per heavy atom. The molecule has 8 heteroatoms. The number of hydrogen-bond acceptors (Lipinski definition) is 5. The van der Waals surface area contributed by atoms with E-state index in [-0.39, 0.29) is 24.4 Å². The SMILES string of the molecule is COc1ccccc1OC[C@H](C)NC(=O)[C@H]1CCCN(S(C)(=O)=O)C1. The average molecular weight is 370 g/mol. The summed E-state index contributed by atoms with van der Waals surface area (Å²) in [6.07, 6.45) is 2.56. The van der Waals surface area contributed by atoms with Gasteiger partial charge in [-0.25, -0.2) is 12.7 Å². The van der Waals surface area contributed by atoms with Gasteiger partial charge in [0.25, 0.3) is 0 Å². The Labute approximate surface area is 149 Å². The van der Waals surface area contributed by atoms with Crippen molar-refractivity contribution in [2.45, 2.75) is 25.8 Å². The third-order valence-corrected chi connectivity index (χ3v) is 5.44. The molecule has 2 rings (SSSR count). The number of nitrogens with one attached hydrogen (secondary N) is 1. The van der Waals surface area contributed by atoms with Crippen LogP contribution in [0.25, 0.3) is 0 Å². The van der Waals surface area contributed by atoms with E-state index in [1.165, 1.54) is 10.6 Å². The highest BCUT2D eigenvalue weighted by Gasteiger charge is 2.30. The summed E-state index contributed by atoms with van der Waals surface area (Å²) in [5, 5.41) is 2.90. The number of amides is 1. The molecule has 0 radical (unpaired) electrons. The zero-order chi connectivity index (χ0) is 18.4. The van der Waals surface area contributed by atoms with E-state index < -0.39 is 10.0 Å². The Balaban J connectivity index is 1.85. The summed E-state index contributed by atoms with van der Waals surface area (Å²) in [7, 11) is -1.69. The Hall–Kier alpha value is -1.80. The van der Waals surface area contributed by atoms with Gasteiger partial charge in [0.1, 0.15) is 6.61 Å². The van der Waals surface area contributed by atoms with Crippen molar-refractivity contribution in [3.8, 4) is 11.5 Å².